The van der Waals surface area contributed by atoms with Crippen LogP contribution < -0.4 is 4.90 Å². The van der Waals surface area contributed by atoms with E-state index in [0.29, 0.717) is 6.54 Å². The maximum Gasteiger partial charge on any atom is 0.307 e. The lowest BCUT2D eigenvalue weighted by molar-refractivity contribution is -0.136. The lowest BCUT2D eigenvalue weighted by atomic mass is 10.1. The Bertz CT molecular complexity index is 338. The number of aliphatic hydroxyl groups is 1. The molecule has 2 N–H and O–H groups in total. The van der Waals surface area contributed by atoms with Crippen LogP contribution in [0.4, 0.5) is 5.69 Å². The number of hydrogen-bond donors (Lipinski definition) is 2. The summed E-state index contributed by atoms with van der Waals surface area (Å²) < 4.78 is 0. The monoisotopic (exact) mass is 209 g/mol. The molecule has 4 nitrogen and oxygen atoms in total. The molecule has 0 saturated heterocycles. The Labute approximate surface area is 88.8 Å². The molecule has 0 spiro atoms. The van der Waals surface area contributed by atoms with Crippen LogP contribution in [0.3, 0.4) is 0 Å². The lowest BCUT2D eigenvalue weighted by Gasteiger charge is -2.20. The van der Waals surface area contributed by atoms with Crippen LogP contribution in [0, 0.1) is 0 Å². The summed E-state index contributed by atoms with van der Waals surface area (Å²) in [6.45, 7) is 0.550. The van der Waals surface area contributed by atoms with Crippen molar-refractivity contribution < 1.29 is 15.0 Å². The van der Waals surface area contributed by atoms with Crippen molar-refractivity contribution in [2.24, 2.45) is 0 Å². The van der Waals surface area contributed by atoms with Crippen molar-refractivity contribution in [2.75, 3.05) is 25.1 Å². The van der Waals surface area contributed by atoms with E-state index in [9.17, 15) is 4.79 Å². The number of aliphatic hydroxyl groups excluding tert-OH is 1. The van der Waals surface area contributed by atoms with Gasteiger partial charge in [0.1, 0.15) is 0 Å². The molecule has 0 aliphatic rings. The van der Waals surface area contributed by atoms with E-state index in [1.807, 2.05) is 30.1 Å². The third kappa shape index (κ3) is 3.25. The van der Waals surface area contributed by atoms with Crippen molar-refractivity contribution >= 4 is 11.7 Å². The van der Waals surface area contributed by atoms with Gasteiger partial charge in [-0.2, -0.15) is 0 Å². The van der Waals surface area contributed by atoms with Gasteiger partial charge in [-0.1, -0.05) is 18.2 Å². The fourth-order valence-corrected chi connectivity index (χ4v) is 1.47. The normalized spacial score (nSPS) is 10.0. The SMILES string of the molecule is CN(CCO)c1ccccc1CC(=O)O. The molecule has 0 bridgehead atoms. The molecule has 0 heterocycles. The number of carboxylic acid groups (broad SMARTS) is 1. The predicted octanol–water partition coefficient (Wildman–Crippen LogP) is 0.742. The summed E-state index contributed by atoms with van der Waals surface area (Å²) in [5, 5.41) is 17.5. The minimum absolute atomic E-state index is 0.00589. The Morgan fingerprint density at radius 2 is 2.07 bits per heavy atom. The van der Waals surface area contributed by atoms with Crippen LogP contribution >= 0.6 is 0 Å². The number of carboxylic acids is 1. The van der Waals surface area contributed by atoms with E-state index in [2.05, 4.69) is 0 Å². The van der Waals surface area contributed by atoms with Crippen molar-refractivity contribution in [1.29, 1.82) is 0 Å². The summed E-state index contributed by atoms with van der Waals surface area (Å²) in [5.41, 5.74) is 1.62. The molecule has 1 aromatic carbocycles. The standard InChI is InChI=1S/C11H15NO3/c1-12(6-7-13)10-5-3-2-4-9(10)8-11(14)15/h2-5,13H,6-8H2,1H3,(H,14,15). The number of benzene rings is 1. The van der Waals surface area contributed by atoms with Crippen LogP contribution in [0.25, 0.3) is 0 Å². The average Bonchev–Trinajstić information content (AvgIpc) is 2.18. The Morgan fingerprint density at radius 1 is 1.40 bits per heavy atom. The van der Waals surface area contributed by atoms with Crippen LogP contribution in [0.15, 0.2) is 24.3 Å². The molecular weight excluding hydrogens is 194 g/mol. The minimum atomic E-state index is -0.847. The van der Waals surface area contributed by atoms with Crippen LogP contribution in [0.5, 0.6) is 0 Å². The molecule has 0 aliphatic heterocycles. The topological polar surface area (TPSA) is 60.8 Å². The largest absolute Gasteiger partial charge is 0.481 e. The fourth-order valence-electron chi connectivity index (χ4n) is 1.47. The highest BCUT2D eigenvalue weighted by Gasteiger charge is 2.08. The second-order valence-electron chi connectivity index (χ2n) is 3.34. The van der Waals surface area contributed by atoms with Gasteiger partial charge in [-0.05, 0) is 11.6 Å². The van der Waals surface area contributed by atoms with Crippen LogP contribution in [0.2, 0.25) is 0 Å². The molecule has 4 heteroatoms. The molecule has 0 radical (unpaired) electrons. The highest BCUT2D eigenvalue weighted by molar-refractivity contribution is 5.73. The van der Waals surface area contributed by atoms with Gasteiger partial charge in [0.2, 0.25) is 0 Å². The second-order valence-corrected chi connectivity index (χ2v) is 3.34. The maximum atomic E-state index is 10.6. The lowest BCUT2D eigenvalue weighted by Crippen LogP contribution is -2.22. The molecule has 15 heavy (non-hydrogen) atoms. The summed E-state index contributed by atoms with van der Waals surface area (Å²) in [7, 11) is 1.83. The smallest absolute Gasteiger partial charge is 0.307 e. The van der Waals surface area contributed by atoms with Gasteiger partial charge in [0, 0.05) is 19.3 Å². The van der Waals surface area contributed by atoms with Crippen LogP contribution in [-0.2, 0) is 11.2 Å². The number of rotatable bonds is 5. The number of carbonyl (C=O) groups is 1. The molecule has 0 fully saturated rings. The molecule has 82 valence electrons. The molecule has 0 aliphatic carbocycles. The van der Waals surface area contributed by atoms with E-state index in [0.717, 1.165) is 11.3 Å². The Kier molecular flexibility index (Phi) is 4.12. The van der Waals surface area contributed by atoms with E-state index in [-0.39, 0.29) is 13.0 Å². The number of likely N-dealkylation sites (N-methyl/N-ethyl adjacent to an activating group) is 1. The third-order valence-electron chi connectivity index (χ3n) is 2.18. The zero-order valence-electron chi connectivity index (χ0n) is 8.68. The van der Waals surface area contributed by atoms with Crippen molar-refractivity contribution in [3.05, 3.63) is 29.8 Å². The molecule has 0 unspecified atom stereocenters. The van der Waals surface area contributed by atoms with Gasteiger partial charge in [-0.15, -0.1) is 0 Å². The van der Waals surface area contributed by atoms with E-state index in [4.69, 9.17) is 10.2 Å². The predicted molar refractivity (Wildman–Crippen MR) is 58.1 cm³/mol. The van der Waals surface area contributed by atoms with Gasteiger partial charge in [-0.25, -0.2) is 0 Å². The molecule has 0 saturated carbocycles. The van der Waals surface area contributed by atoms with Gasteiger partial charge in [-0.3, -0.25) is 4.79 Å². The molecule has 1 rings (SSSR count). The zero-order valence-corrected chi connectivity index (χ0v) is 8.68. The maximum absolute atomic E-state index is 10.6. The molecule has 0 aromatic heterocycles. The zero-order chi connectivity index (χ0) is 11.3. The summed E-state index contributed by atoms with van der Waals surface area (Å²) >= 11 is 0. The van der Waals surface area contributed by atoms with E-state index in [1.165, 1.54) is 0 Å². The minimum Gasteiger partial charge on any atom is -0.481 e. The molecule has 0 amide bonds. The number of anilines is 1. The van der Waals surface area contributed by atoms with Gasteiger partial charge < -0.3 is 15.1 Å². The van der Waals surface area contributed by atoms with Crippen molar-refractivity contribution in [2.45, 2.75) is 6.42 Å². The van der Waals surface area contributed by atoms with Crippen LogP contribution in [0.1, 0.15) is 5.56 Å². The van der Waals surface area contributed by atoms with Gasteiger partial charge in [0.15, 0.2) is 0 Å². The first-order chi connectivity index (χ1) is 7.15. The Balaban J connectivity index is 2.89. The van der Waals surface area contributed by atoms with E-state index < -0.39 is 5.97 Å². The number of para-hydroxylation sites is 1. The third-order valence-corrected chi connectivity index (χ3v) is 2.18. The first-order valence-corrected chi connectivity index (χ1v) is 4.77. The Morgan fingerprint density at radius 3 is 2.67 bits per heavy atom. The van der Waals surface area contributed by atoms with E-state index >= 15 is 0 Å². The number of nitrogens with zero attached hydrogens (tertiary/aromatic N) is 1. The quantitative estimate of drug-likeness (QED) is 0.751. The number of hydrogen-bond acceptors (Lipinski definition) is 3. The van der Waals surface area contributed by atoms with Crippen molar-refractivity contribution in [3.8, 4) is 0 Å². The summed E-state index contributed by atoms with van der Waals surface area (Å²) in [6.07, 6.45) is 0.00589. The average molecular weight is 209 g/mol. The molecule has 1 aromatic rings. The van der Waals surface area contributed by atoms with Crippen molar-refractivity contribution in [1.82, 2.24) is 0 Å². The summed E-state index contributed by atoms with van der Waals surface area (Å²) in [5.74, 6) is -0.847. The van der Waals surface area contributed by atoms with E-state index in [1.54, 1.807) is 6.07 Å². The van der Waals surface area contributed by atoms with Gasteiger partial charge >= 0.3 is 5.97 Å². The molecular formula is C11H15NO3. The van der Waals surface area contributed by atoms with Gasteiger partial charge in [0.05, 0.1) is 13.0 Å². The molecule has 0 atom stereocenters. The number of aliphatic carboxylic acids is 1. The summed E-state index contributed by atoms with van der Waals surface area (Å²) in [6, 6.07) is 7.31. The highest BCUT2D eigenvalue weighted by atomic mass is 16.4. The fraction of sp³-hybridized carbons (Fsp3) is 0.364. The van der Waals surface area contributed by atoms with Crippen LogP contribution in [-0.4, -0.2) is 36.4 Å². The van der Waals surface area contributed by atoms with Gasteiger partial charge in [0.25, 0.3) is 0 Å². The highest BCUT2D eigenvalue weighted by Crippen LogP contribution is 2.19. The Hall–Kier alpha value is -1.55. The first kappa shape index (κ1) is 11.5. The summed E-state index contributed by atoms with van der Waals surface area (Å²) in [4.78, 5) is 12.5. The first-order valence-electron chi connectivity index (χ1n) is 4.77. The second kappa shape index (κ2) is 5.36. The van der Waals surface area contributed by atoms with Crippen molar-refractivity contribution in [3.63, 3.8) is 0 Å².